The summed E-state index contributed by atoms with van der Waals surface area (Å²) in [6.45, 7) is 1.59. The first-order chi connectivity index (χ1) is 11.0. The van der Waals surface area contributed by atoms with Gasteiger partial charge < -0.3 is 10.4 Å². The molecule has 0 aliphatic heterocycles. The Morgan fingerprint density at radius 3 is 2.30 bits per heavy atom. The predicted octanol–water partition coefficient (Wildman–Crippen LogP) is 3.26. The van der Waals surface area contributed by atoms with E-state index in [1.54, 1.807) is 49.4 Å². The van der Waals surface area contributed by atoms with Crippen LogP contribution in [0.2, 0.25) is 0 Å². The number of rotatable bonds is 6. The fourth-order valence-corrected chi connectivity index (χ4v) is 2.38. The van der Waals surface area contributed by atoms with Crippen LogP contribution in [0.1, 0.15) is 36.4 Å². The number of hydrogen-bond donors (Lipinski definition) is 2. The maximum atomic E-state index is 13.8. The maximum absolute atomic E-state index is 13.8. The summed E-state index contributed by atoms with van der Waals surface area (Å²) < 4.78 is 13.8. The summed E-state index contributed by atoms with van der Waals surface area (Å²) in [5.41, 5.74) is 0.983. The molecule has 2 rings (SSSR count). The van der Waals surface area contributed by atoms with E-state index in [1.807, 2.05) is 6.07 Å². The summed E-state index contributed by atoms with van der Waals surface area (Å²) in [5, 5.41) is 11.8. The first kappa shape index (κ1) is 16.7. The molecule has 0 bridgehead atoms. The van der Waals surface area contributed by atoms with Crippen molar-refractivity contribution in [2.24, 2.45) is 0 Å². The fraction of sp³-hybridized carbons (Fsp3) is 0.222. The van der Waals surface area contributed by atoms with E-state index >= 15 is 0 Å². The third-order valence-electron chi connectivity index (χ3n) is 3.66. The Morgan fingerprint density at radius 2 is 1.70 bits per heavy atom. The summed E-state index contributed by atoms with van der Waals surface area (Å²) in [6.07, 6.45) is -0.236. The van der Waals surface area contributed by atoms with E-state index in [0.717, 1.165) is 0 Å². The molecule has 0 unspecified atom stereocenters. The molecule has 2 aromatic carbocycles. The van der Waals surface area contributed by atoms with Gasteiger partial charge in [-0.3, -0.25) is 9.59 Å². The molecule has 23 heavy (non-hydrogen) atoms. The number of benzene rings is 2. The zero-order valence-corrected chi connectivity index (χ0v) is 12.7. The minimum atomic E-state index is -1.02. The molecule has 0 radical (unpaired) electrons. The van der Waals surface area contributed by atoms with Crippen LogP contribution in [0.5, 0.6) is 0 Å². The van der Waals surface area contributed by atoms with E-state index < -0.39 is 29.7 Å². The Bertz CT molecular complexity index is 688. The standard InChI is InChI=1S/C18H18FNO3/c1-12(14-9-5-6-10-15(14)19)18(23)20-16(11-17(21)22)13-7-3-2-4-8-13/h2-10,12,16H,11H2,1H3,(H,20,23)(H,21,22)/t12-,16-/m1/s1. The molecule has 120 valence electrons. The Hall–Kier alpha value is -2.69. The van der Waals surface area contributed by atoms with Crippen molar-refractivity contribution in [1.82, 2.24) is 5.32 Å². The zero-order valence-electron chi connectivity index (χ0n) is 12.7. The van der Waals surface area contributed by atoms with Crippen molar-refractivity contribution in [2.75, 3.05) is 0 Å². The van der Waals surface area contributed by atoms with Gasteiger partial charge in [0.15, 0.2) is 0 Å². The number of halogens is 1. The van der Waals surface area contributed by atoms with Crippen molar-refractivity contribution in [3.8, 4) is 0 Å². The molecule has 0 saturated carbocycles. The molecule has 4 nitrogen and oxygen atoms in total. The highest BCUT2D eigenvalue weighted by Gasteiger charge is 2.23. The number of carboxylic acids is 1. The molecular formula is C18H18FNO3. The SMILES string of the molecule is C[C@@H](C(=O)N[C@H](CC(=O)O)c1ccccc1)c1ccccc1F. The van der Waals surface area contributed by atoms with Gasteiger partial charge in [0.05, 0.1) is 18.4 Å². The number of carbonyl (C=O) groups is 2. The van der Waals surface area contributed by atoms with E-state index in [0.29, 0.717) is 5.56 Å². The molecule has 0 heterocycles. The Labute approximate surface area is 134 Å². The highest BCUT2D eigenvalue weighted by molar-refractivity contribution is 5.84. The summed E-state index contributed by atoms with van der Waals surface area (Å²) in [6, 6.07) is 14.3. The molecule has 2 N–H and O–H groups in total. The highest BCUT2D eigenvalue weighted by atomic mass is 19.1. The molecule has 1 amide bonds. The monoisotopic (exact) mass is 315 g/mol. The molecule has 0 aliphatic carbocycles. The Balaban J connectivity index is 2.17. The van der Waals surface area contributed by atoms with Crippen LogP contribution in [0.25, 0.3) is 0 Å². The lowest BCUT2D eigenvalue weighted by Gasteiger charge is -2.20. The number of hydrogen-bond acceptors (Lipinski definition) is 2. The van der Waals surface area contributed by atoms with Crippen LogP contribution in [0.4, 0.5) is 4.39 Å². The van der Waals surface area contributed by atoms with Crippen LogP contribution in [0, 0.1) is 5.82 Å². The number of nitrogens with one attached hydrogen (secondary N) is 1. The van der Waals surface area contributed by atoms with E-state index in [9.17, 15) is 14.0 Å². The second-order valence-corrected chi connectivity index (χ2v) is 5.31. The van der Waals surface area contributed by atoms with E-state index in [2.05, 4.69) is 5.32 Å². The molecule has 2 atom stereocenters. The highest BCUT2D eigenvalue weighted by Crippen LogP contribution is 2.22. The van der Waals surface area contributed by atoms with Gasteiger partial charge in [0.25, 0.3) is 0 Å². The largest absolute Gasteiger partial charge is 0.481 e. The predicted molar refractivity (Wildman–Crippen MR) is 84.4 cm³/mol. The topological polar surface area (TPSA) is 66.4 Å². The average molecular weight is 315 g/mol. The van der Waals surface area contributed by atoms with Crippen molar-refractivity contribution in [3.05, 3.63) is 71.5 Å². The van der Waals surface area contributed by atoms with Crippen molar-refractivity contribution < 1.29 is 19.1 Å². The van der Waals surface area contributed by atoms with Crippen molar-refractivity contribution in [1.29, 1.82) is 0 Å². The van der Waals surface area contributed by atoms with Gasteiger partial charge in [0.1, 0.15) is 5.82 Å². The second kappa shape index (κ2) is 7.54. The molecule has 0 saturated heterocycles. The van der Waals surface area contributed by atoms with Gasteiger partial charge in [-0.1, -0.05) is 48.5 Å². The van der Waals surface area contributed by atoms with Crippen molar-refractivity contribution >= 4 is 11.9 Å². The number of amides is 1. The van der Waals surface area contributed by atoms with Crippen LogP contribution in [0.15, 0.2) is 54.6 Å². The first-order valence-corrected chi connectivity index (χ1v) is 7.30. The molecule has 0 fully saturated rings. The lowest BCUT2D eigenvalue weighted by molar-refractivity contribution is -0.137. The minimum absolute atomic E-state index is 0.236. The molecular weight excluding hydrogens is 297 g/mol. The van der Waals surface area contributed by atoms with E-state index in [-0.39, 0.29) is 12.0 Å². The third-order valence-corrected chi connectivity index (χ3v) is 3.66. The summed E-state index contributed by atoms with van der Waals surface area (Å²) in [4.78, 5) is 23.4. The maximum Gasteiger partial charge on any atom is 0.305 e. The average Bonchev–Trinajstić information content (AvgIpc) is 2.54. The van der Waals surface area contributed by atoms with Gasteiger partial charge in [-0.25, -0.2) is 4.39 Å². The van der Waals surface area contributed by atoms with Gasteiger partial charge in [0.2, 0.25) is 5.91 Å². The lowest BCUT2D eigenvalue weighted by atomic mass is 9.97. The number of aliphatic carboxylic acids is 1. The van der Waals surface area contributed by atoms with Crippen LogP contribution >= 0.6 is 0 Å². The molecule has 0 aliphatic rings. The number of carbonyl (C=O) groups excluding carboxylic acids is 1. The molecule has 0 spiro atoms. The van der Waals surface area contributed by atoms with Crippen LogP contribution in [-0.4, -0.2) is 17.0 Å². The summed E-state index contributed by atoms with van der Waals surface area (Å²) in [7, 11) is 0. The second-order valence-electron chi connectivity index (χ2n) is 5.31. The zero-order chi connectivity index (χ0) is 16.8. The number of carboxylic acid groups (broad SMARTS) is 1. The Kier molecular flexibility index (Phi) is 5.46. The van der Waals surface area contributed by atoms with Gasteiger partial charge >= 0.3 is 5.97 Å². The smallest absolute Gasteiger partial charge is 0.305 e. The summed E-state index contributed by atoms with van der Waals surface area (Å²) in [5.74, 6) is -2.59. The van der Waals surface area contributed by atoms with Crippen LogP contribution in [-0.2, 0) is 9.59 Å². The van der Waals surface area contributed by atoms with Crippen molar-refractivity contribution in [3.63, 3.8) is 0 Å². The lowest BCUT2D eigenvalue weighted by Crippen LogP contribution is -2.33. The van der Waals surface area contributed by atoms with Gasteiger partial charge in [-0.15, -0.1) is 0 Å². The van der Waals surface area contributed by atoms with Crippen LogP contribution in [0.3, 0.4) is 0 Å². The third kappa shape index (κ3) is 4.39. The molecule has 5 heteroatoms. The Morgan fingerprint density at radius 1 is 1.09 bits per heavy atom. The fourth-order valence-electron chi connectivity index (χ4n) is 2.38. The normalized spacial score (nSPS) is 13.1. The van der Waals surface area contributed by atoms with Gasteiger partial charge in [0, 0.05) is 0 Å². The van der Waals surface area contributed by atoms with E-state index in [1.165, 1.54) is 6.07 Å². The van der Waals surface area contributed by atoms with Gasteiger partial charge in [-0.05, 0) is 24.1 Å². The van der Waals surface area contributed by atoms with Crippen molar-refractivity contribution in [2.45, 2.75) is 25.3 Å². The quantitative estimate of drug-likeness (QED) is 0.860. The summed E-state index contributed by atoms with van der Waals surface area (Å²) >= 11 is 0. The van der Waals surface area contributed by atoms with Crippen LogP contribution < -0.4 is 5.32 Å². The molecule has 0 aromatic heterocycles. The first-order valence-electron chi connectivity index (χ1n) is 7.30. The van der Waals surface area contributed by atoms with E-state index in [4.69, 9.17) is 5.11 Å². The molecule has 2 aromatic rings. The van der Waals surface area contributed by atoms with Gasteiger partial charge in [-0.2, -0.15) is 0 Å². The minimum Gasteiger partial charge on any atom is -0.481 e.